The van der Waals surface area contributed by atoms with Crippen molar-refractivity contribution >= 4 is 33.4 Å². The summed E-state index contributed by atoms with van der Waals surface area (Å²) in [4.78, 5) is 31.1. The number of nitrogens with one attached hydrogen (secondary N) is 1. The summed E-state index contributed by atoms with van der Waals surface area (Å²) < 4.78 is 2.68. The summed E-state index contributed by atoms with van der Waals surface area (Å²) in [6.07, 6.45) is 4.48. The summed E-state index contributed by atoms with van der Waals surface area (Å²) in [5.74, 6) is -0.0799. The van der Waals surface area contributed by atoms with Crippen LogP contribution in [0.2, 0.25) is 0 Å². The van der Waals surface area contributed by atoms with E-state index in [1.807, 2.05) is 53.4 Å². The van der Waals surface area contributed by atoms with Crippen molar-refractivity contribution in [1.82, 2.24) is 19.7 Å². The van der Waals surface area contributed by atoms with Gasteiger partial charge in [-0.1, -0.05) is 28.1 Å². The molecule has 1 aromatic heterocycles. The van der Waals surface area contributed by atoms with Crippen molar-refractivity contribution in [2.45, 2.75) is 19.4 Å². The van der Waals surface area contributed by atoms with Crippen LogP contribution in [0.5, 0.6) is 0 Å². The molecule has 1 aliphatic rings. The molecule has 0 bridgehead atoms. The van der Waals surface area contributed by atoms with E-state index in [1.54, 1.807) is 11.0 Å². The number of aromatic nitrogens is 3. The number of amides is 2. The maximum absolute atomic E-state index is 12.7. The van der Waals surface area contributed by atoms with Crippen molar-refractivity contribution in [3.63, 3.8) is 0 Å². The van der Waals surface area contributed by atoms with Crippen LogP contribution < -0.4 is 5.32 Å². The van der Waals surface area contributed by atoms with Gasteiger partial charge in [-0.3, -0.25) is 9.59 Å². The highest BCUT2D eigenvalue weighted by molar-refractivity contribution is 9.10. The van der Waals surface area contributed by atoms with Crippen LogP contribution in [-0.4, -0.2) is 44.6 Å². The highest BCUT2D eigenvalue weighted by atomic mass is 79.9. The molecule has 0 aliphatic carbocycles. The van der Waals surface area contributed by atoms with Crippen LogP contribution in [0.15, 0.2) is 65.7 Å². The number of hydrogen-bond donors (Lipinski definition) is 1. The van der Waals surface area contributed by atoms with E-state index >= 15 is 0 Å². The Hall–Kier alpha value is -3.00. The number of likely N-dealkylation sites (tertiary alicyclic amines) is 1. The molecule has 1 aliphatic heterocycles. The predicted octanol–water partition coefficient (Wildman–Crippen LogP) is 3.58. The Labute approximate surface area is 183 Å². The molecule has 1 fully saturated rings. The van der Waals surface area contributed by atoms with Gasteiger partial charge in [0, 0.05) is 34.7 Å². The van der Waals surface area contributed by atoms with Crippen molar-refractivity contribution in [3.05, 3.63) is 76.8 Å². The Balaban J connectivity index is 1.31. The molecule has 8 heteroatoms. The van der Waals surface area contributed by atoms with Crippen LogP contribution in [0.1, 0.15) is 28.8 Å². The average Bonchev–Trinajstić information content (AvgIpc) is 3.27. The van der Waals surface area contributed by atoms with E-state index in [0.29, 0.717) is 38.0 Å². The molecule has 3 aromatic rings. The number of rotatable bonds is 5. The van der Waals surface area contributed by atoms with Gasteiger partial charge in [0.1, 0.15) is 12.7 Å². The molecule has 0 radical (unpaired) electrons. The lowest BCUT2D eigenvalue weighted by Crippen LogP contribution is -2.41. The number of carbonyl (C=O) groups excluding carboxylic acids is 2. The molecule has 0 spiro atoms. The number of carbonyl (C=O) groups is 2. The molecule has 2 amide bonds. The van der Waals surface area contributed by atoms with Crippen molar-refractivity contribution in [3.8, 4) is 0 Å². The van der Waals surface area contributed by atoms with Gasteiger partial charge in [-0.2, -0.15) is 5.10 Å². The molecular formula is C22H22BrN5O2. The second kappa shape index (κ2) is 9.21. The standard InChI is InChI=1S/C22H22BrN5O2/c23-19-6-4-18(5-7-19)22(30)27-10-8-17(9-11-27)21(29)26-20-3-1-2-16(12-20)13-28-15-24-14-25-28/h1-7,12,14-15,17H,8-11,13H2,(H,26,29). The van der Waals surface area contributed by atoms with Gasteiger partial charge in [-0.05, 0) is 54.8 Å². The maximum Gasteiger partial charge on any atom is 0.253 e. The quantitative estimate of drug-likeness (QED) is 0.621. The molecule has 2 aromatic carbocycles. The van der Waals surface area contributed by atoms with Crippen molar-refractivity contribution < 1.29 is 9.59 Å². The van der Waals surface area contributed by atoms with E-state index < -0.39 is 0 Å². The summed E-state index contributed by atoms with van der Waals surface area (Å²) in [6, 6.07) is 15.1. The molecule has 0 unspecified atom stereocenters. The summed E-state index contributed by atoms with van der Waals surface area (Å²) >= 11 is 3.38. The lowest BCUT2D eigenvalue weighted by Gasteiger charge is -2.31. The van der Waals surface area contributed by atoms with Gasteiger partial charge in [0.05, 0.1) is 6.54 Å². The Bertz CT molecular complexity index is 1010. The monoisotopic (exact) mass is 467 g/mol. The zero-order valence-corrected chi connectivity index (χ0v) is 18.0. The molecule has 154 valence electrons. The average molecular weight is 468 g/mol. The minimum Gasteiger partial charge on any atom is -0.339 e. The van der Waals surface area contributed by atoms with Crippen LogP contribution in [0.25, 0.3) is 0 Å². The molecule has 1 saturated heterocycles. The van der Waals surface area contributed by atoms with Gasteiger partial charge in [0.2, 0.25) is 5.91 Å². The van der Waals surface area contributed by atoms with E-state index in [4.69, 9.17) is 0 Å². The molecule has 7 nitrogen and oxygen atoms in total. The second-order valence-corrected chi connectivity index (χ2v) is 8.27. The van der Waals surface area contributed by atoms with Crippen LogP contribution in [0, 0.1) is 5.92 Å². The molecule has 1 N–H and O–H groups in total. The van der Waals surface area contributed by atoms with Crippen molar-refractivity contribution in [2.24, 2.45) is 5.92 Å². The van der Waals surface area contributed by atoms with Crippen LogP contribution >= 0.6 is 15.9 Å². The van der Waals surface area contributed by atoms with E-state index in [-0.39, 0.29) is 17.7 Å². The number of benzene rings is 2. The van der Waals surface area contributed by atoms with Crippen LogP contribution in [0.4, 0.5) is 5.69 Å². The fourth-order valence-electron chi connectivity index (χ4n) is 3.61. The molecule has 2 heterocycles. The van der Waals surface area contributed by atoms with Gasteiger partial charge < -0.3 is 10.2 Å². The SMILES string of the molecule is O=C(Nc1cccc(Cn2cncn2)c1)C1CCN(C(=O)c2ccc(Br)cc2)CC1. The third kappa shape index (κ3) is 4.94. The summed E-state index contributed by atoms with van der Waals surface area (Å²) in [5, 5.41) is 7.13. The first-order valence-corrected chi connectivity index (χ1v) is 10.6. The normalized spacial score (nSPS) is 14.5. The highest BCUT2D eigenvalue weighted by Crippen LogP contribution is 2.22. The summed E-state index contributed by atoms with van der Waals surface area (Å²) in [7, 11) is 0. The lowest BCUT2D eigenvalue weighted by molar-refractivity contribution is -0.121. The predicted molar refractivity (Wildman–Crippen MR) is 117 cm³/mol. The molecule has 30 heavy (non-hydrogen) atoms. The first kappa shape index (κ1) is 20.3. The van der Waals surface area contributed by atoms with Gasteiger partial charge in [-0.15, -0.1) is 0 Å². The molecular weight excluding hydrogens is 446 g/mol. The fraction of sp³-hybridized carbons (Fsp3) is 0.273. The molecule has 0 saturated carbocycles. The largest absolute Gasteiger partial charge is 0.339 e. The maximum atomic E-state index is 12.7. The zero-order valence-electron chi connectivity index (χ0n) is 16.4. The molecule has 0 atom stereocenters. The van der Waals surface area contributed by atoms with Gasteiger partial charge >= 0.3 is 0 Å². The first-order valence-electron chi connectivity index (χ1n) is 9.85. The van der Waals surface area contributed by atoms with Crippen molar-refractivity contribution in [2.75, 3.05) is 18.4 Å². The zero-order chi connectivity index (χ0) is 20.9. The third-order valence-corrected chi connectivity index (χ3v) is 5.78. The van der Waals surface area contributed by atoms with E-state index in [9.17, 15) is 9.59 Å². The van der Waals surface area contributed by atoms with E-state index in [0.717, 1.165) is 15.7 Å². The van der Waals surface area contributed by atoms with E-state index in [2.05, 4.69) is 31.3 Å². The fourth-order valence-corrected chi connectivity index (χ4v) is 3.88. The van der Waals surface area contributed by atoms with Gasteiger partial charge in [-0.25, -0.2) is 9.67 Å². The minimum atomic E-state index is -0.0991. The smallest absolute Gasteiger partial charge is 0.253 e. The Morgan fingerprint density at radius 2 is 1.87 bits per heavy atom. The van der Waals surface area contributed by atoms with Crippen LogP contribution in [-0.2, 0) is 11.3 Å². The Kier molecular flexibility index (Phi) is 6.23. The number of nitrogens with zero attached hydrogens (tertiary/aromatic N) is 4. The number of anilines is 1. The Morgan fingerprint density at radius 3 is 2.57 bits per heavy atom. The third-order valence-electron chi connectivity index (χ3n) is 5.25. The summed E-state index contributed by atoms with van der Waals surface area (Å²) in [6.45, 7) is 1.76. The number of piperidine rings is 1. The number of hydrogen-bond acceptors (Lipinski definition) is 4. The lowest BCUT2D eigenvalue weighted by atomic mass is 9.95. The number of halogens is 1. The minimum absolute atomic E-state index is 0.00338. The van der Waals surface area contributed by atoms with Crippen molar-refractivity contribution in [1.29, 1.82) is 0 Å². The van der Waals surface area contributed by atoms with E-state index in [1.165, 1.54) is 6.33 Å². The molecule has 4 rings (SSSR count). The second-order valence-electron chi connectivity index (χ2n) is 7.36. The topological polar surface area (TPSA) is 80.1 Å². The van der Waals surface area contributed by atoms with Crippen LogP contribution in [0.3, 0.4) is 0 Å². The highest BCUT2D eigenvalue weighted by Gasteiger charge is 2.27. The van der Waals surface area contributed by atoms with Gasteiger partial charge in [0.25, 0.3) is 5.91 Å². The Morgan fingerprint density at radius 1 is 1.10 bits per heavy atom. The van der Waals surface area contributed by atoms with Gasteiger partial charge in [0.15, 0.2) is 0 Å². The summed E-state index contributed by atoms with van der Waals surface area (Å²) in [5.41, 5.74) is 2.48. The first-order chi connectivity index (χ1) is 14.6.